The number of rotatable bonds is 4. The third-order valence-electron chi connectivity index (χ3n) is 2.48. The summed E-state index contributed by atoms with van der Waals surface area (Å²) in [6.07, 6.45) is 3.75. The molecule has 1 heterocycles. The molecule has 1 fully saturated rings. The molecule has 1 rings (SSSR count). The van der Waals surface area contributed by atoms with Gasteiger partial charge in [-0.05, 0) is 31.2 Å². The minimum atomic E-state index is 0.406. The second-order valence-electron chi connectivity index (χ2n) is 5.18. The Balaban J connectivity index is 1.94. The van der Waals surface area contributed by atoms with Gasteiger partial charge in [-0.3, -0.25) is 0 Å². The van der Waals surface area contributed by atoms with E-state index >= 15 is 0 Å². The molecule has 2 heteroatoms. The Morgan fingerprint density at radius 2 is 2.15 bits per heavy atom. The largest absolute Gasteiger partial charge is 0.380 e. The molecule has 0 amide bonds. The lowest BCUT2D eigenvalue weighted by Gasteiger charge is -2.18. The Kier molecular flexibility index (Phi) is 4.20. The molecule has 0 radical (unpaired) electrons. The Labute approximate surface area is 82.0 Å². The highest BCUT2D eigenvalue weighted by atomic mass is 16.5. The van der Waals surface area contributed by atoms with Crippen LogP contribution in [0.3, 0.4) is 0 Å². The van der Waals surface area contributed by atoms with Gasteiger partial charge in [-0.1, -0.05) is 20.8 Å². The quantitative estimate of drug-likeness (QED) is 0.678. The second kappa shape index (κ2) is 4.97. The molecule has 1 atom stereocenters. The highest BCUT2D eigenvalue weighted by Crippen LogP contribution is 2.18. The summed E-state index contributed by atoms with van der Waals surface area (Å²) in [5.41, 5.74) is 0.406. The van der Waals surface area contributed by atoms with Gasteiger partial charge in [0.1, 0.15) is 0 Å². The molecule has 78 valence electrons. The normalized spacial score (nSPS) is 23.8. The molecular weight excluding hydrogens is 162 g/mol. The van der Waals surface area contributed by atoms with Crippen LogP contribution in [0.15, 0.2) is 0 Å². The van der Waals surface area contributed by atoms with E-state index in [9.17, 15) is 0 Å². The molecule has 1 saturated heterocycles. The third kappa shape index (κ3) is 5.27. The van der Waals surface area contributed by atoms with Crippen LogP contribution in [0.2, 0.25) is 0 Å². The molecule has 0 aromatic heterocycles. The predicted octanol–water partition coefficient (Wildman–Crippen LogP) is 2.19. The third-order valence-corrected chi connectivity index (χ3v) is 2.48. The van der Waals surface area contributed by atoms with Crippen molar-refractivity contribution in [2.75, 3.05) is 19.8 Å². The van der Waals surface area contributed by atoms with Gasteiger partial charge in [-0.25, -0.2) is 0 Å². The summed E-state index contributed by atoms with van der Waals surface area (Å²) in [5, 5.41) is 3.43. The molecule has 1 aliphatic rings. The highest BCUT2D eigenvalue weighted by molar-refractivity contribution is 4.73. The van der Waals surface area contributed by atoms with Gasteiger partial charge < -0.3 is 10.1 Å². The molecule has 1 aliphatic heterocycles. The van der Waals surface area contributed by atoms with Gasteiger partial charge in [0.25, 0.3) is 0 Å². The molecule has 2 nitrogen and oxygen atoms in total. The van der Waals surface area contributed by atoms with Crippen molar-refractivity contribution < 1.29 is 4.74 Å². The molecule has 0 bridgehead atoms. The first-order valence-electron chi connectivity index (χ1n) is 5.39. The molecule has 0 aromatic rings. The summed E-state index contributed by atoms with van der Waals surface area (Å²) in [4.78, 5) is 0. The standard InChI is InChI=1S/C11H23NO/c1-11(2,3)6-8-13-9-10-5-4-7-12-10/h10,12H,4-9H2,1-3H3/t10-/m0/s1. The fourth-order valence-electron chi connectivity index (χ4n) is 1.50. The van der Waals surface area contributed by atoms with Crippen molar-refractivity contribution in [3.63, 3.8) is 0 Å². The number of hydrogen-bond acceptors (Lipinski definition) is 2. The average molecular weight is 185 g/mol. The van der Waals surface area contributed by atoms with Gasteiger partial charge in [-0.2, -0.15) is 0 Å². The van der Waals surface area contributed by atoms with Crippen LogP contribution in [-0.2, 0) is 4.74 Å². The molecule has 1 N–H and O–H groups in total. The van der Waals surface area contributed by atoms with Crippen LogP contribution in [0.5, 0.6) is 0 Å². The average Bonchev–Trinajstić information content (AvgIpc) is 2.48. The fraction of sp³-hybridized carbons (Fsp3) is 1.00. The van der Waals surface area contributed by atoms with Crippen LogP contribution in [0, 0.1) is 5.41 Å². The first kappa shape index (κ1) is 11.0. The molecule has 0 aromatic carbocycles. The summed E-state index contributed by atoms with van der Waals surface area (Å²) in [6, 6.07) is 0.625. The van der Waals surface area contributed by atoms with Gasteiger partial charge in [0.05, 0.1) is 6.61 Å². The van der Waals surface area contributed by atoms with E-state index in [1.54, 1.807) is 0 Å². The minimum absolute atomic E-state index is 0.406. The van der Waals surface area contributed by atoms with Crippen molar-refractivity contribution >= 4 is 0 Å². The summed E-state index contributed by atoms with van der Waals surface area (Å²) >= 11 is 0. The summed E-state index contributed by atoms with van der Waals surface area (Å²) < 4.78 is 5.63. The van der Waals surface area contributed by atoms with E-state index in [0.717, 1.165) is 19.6 Å². The van der Waals surface area contributed by atoms with Crippen LogP contribution in [0.1, 0.15) is 40.0 Å². The summed E-state index contributed by atoms with van der Waals surface area (Å²) in [6.45, 7) is 9.74. The van der Waals surface area contributed by atoms with Crippen LogP contribution >= 0.6 is 0 Å². The van der Waals surface area contributed by atoms with Crippen LogP contribution in [0.25, 0.3) is 0 Å². The monoisotopic (exact) mass is 185 g/mol. The topological polar surface area (TPSA) is 21.3 Å². The summed E-state index contributed by atoms with van der Waals surface area (Å²) in [7, 11) is 0. The van der Waals surface area contributed by atoms with Crippen molar-refractivity contribution in [3.05, 3.63) is 0 Å². The first-order valence-corrected chi connectivity index (χ1v) is 5.39. The Hall–Kier alpha value is -0.0800. The maximum atomic E-state index is 5.63. The summed E-state index contributed by atoms with van der Waals surface area (Å²) in [5.74, 6) is 0. The molecular formula is C11H23NO. The number of nitrogens with one attached hydrogen (secondary N) is 1. The lowest BCUT2D eigenvalue weighted by atomic mass is 9.93. The van der Waals surface area contributed by atoms with E-state index in [1.807, 2.05) is 0 Å². The van der Waals surface area contributed by atoms with E-state index in [0.29, 0.717) is 11.5 Å². The van der Waals surface area contributed by atoms with Crippen molar-refractivity contribution in [1.82, 2.24) is 5.32 Å². The maximum Gasteiger partial charge on any atom is 0.0619 e. The zero-order valence-electron chi connectivity index (χ0n) is 9.23. The molecule has 13 heavy (non-hydrogen) atoms. The van der Waals surface area contributed by atoms with Gasteiger partial charge in [0.2, 0.25) is 0 Å². The van der Waals surface area contributed by atoms with Crippen molar-refractivity contribution in [1.29, 1.82) is 0 Å². The highest BCUT2D eigenvalue weighted by Gasteiger charge is 2.14. The Bertz CT molecular complexity index is 134. The van der Waals surface area contributed by atoms with Crippen molar-refractivity contribution in [3.8, 4) is 0 Å². The molecule has 0 aliphatic carbocycles. The predicted molar refractivity (Wildman–Crippen MR) is 55.9 cm³/mol. The van der Waals surface area contributed by atoms with E-state index in [1.165, 1.54) is 19.4 Å². The van der Waals surface area contributed by atoms with Gasteiger partial charge >= 0.3 is 0 Å². The van der Waals surface area contributed by atoms with E-state index < -0.39 is 0 Å². The molecule has 0 unspecified atom stereocenters. The van der Waals surface area contributed by atoms with E-state index in [4.69, 9.17) is 4.74 Å². The van der Waals surface area contributed by atoms with Gasteiger partial charge in [0, 0.05) is 12.6 Å². The maximum absolute atomic E-state index is 5.63. The second-order valence-corrected chi connectivity index (χ2v) is 5.18. The fourth-order valence-corrected chi connectivity index (χ4v) is 1.50. The van der Waals surface area contributed by atoms with E-state index in [-0.39, 0.29) is 0 Å². The van der Waals surface area contributed by atoms with Crippen LogP contribution in [0.4, 0.5) is 0 Å². The number of hydrogen-bond donors (Lipinski definition) is 1. The van der Waals surface area contributed by atoms with Crippen LogP contribution in [-0.4, -0.2) is 25.8 Å². The van der Waals surface area contributed by atoms with E-state index in [2.05, 4.69) is 26.1 Å². The Morgan fingerprint density at radius 1 is 1.38 bits per heavy atom. The lowest BCUT2D eigenvalue weighted by molar-refractivity contribution is 0.0937. The smallest absolute Gasteiger partial charge is 0.0619 e. The number of ether oxygens (including phenoxy) is 1. The zero-order chi connectivity index (χ0) is 9.73. The zero-order valence-corrected chi connectivity index (χ0v) is 9.23. The van der Waals surface area contributed by atoms with Gasteiger partial charge in [0.15, 0.2) is 0 Å². The molecule has 0 saturated carbocycles. The van der Waals surface area contributed by atoms with Crippen molar-refractivity contribution in [2.45, 2.75) is 46.1 Å². The van der Waals surface area contributed by atoms with Crippen LogP contribution < -0.4 is 5.32 Å². The van der Waals surface area contributed by atoms with Gasteiger partial charge in [-0.15, -0.1) is 0 Å². The minimum Gasteiger partial charge on any atom is -0.380 e. The Morgan fingerprint density at radius 3 is 2.69 bits per heavy atom. The first-order chi connectivity index (χ1) is 6.08. The van der Waals surface area contributed by atoms with Crippen molar-refractivity contribution in [2.24, 2.45) is 5.41 Å². The molecule has 0 spiro atoms. The lowest BCUT2D eigenvalue weighted by Crippen LogP contribution is -2.27. The SMILES string of the molecule is CC(C)(C)CCOC[C@@H]1CCCN1.